The van der Waals surface area contributed by atoms with Crippen LogP contribution >= 0.6 is 15.9 Å². The highest BCUT2D eigenvalue weighted by Crippen LogP contribution is 2.37. The zero-order valence-corrected chi connectivity index (χ0v) is 12.5. The van der Waals surface area contributed by atoms with Gasteiger partial charge in [0.1, 0.15) is 0 Å². The van der Waals surface area contributed by atoms with Crippen molar-refractivity contribution in [1.82, 2.24) is 5.32 Å². The SMILES string of the molecule is CNCC(O)c1ccc(C2CCCCC2)c(Br)c1. The average Bonchev–Trinajstić information content (AvgIpc) is 2.40. The molecule has 0 amide bonds. The van der Waals surface area contributed by atoms with Gasteiger partial charge in [0.05, 0.1) is 6.10 Å². The fourth-order valence-corrected chi connectivity index (χ4v) is 3.53. The lowest BCUT2D eigenvalue weighted by atomic mass is 9.84. The second-order valence-electron chi connectivity index (χ2n) is 5.19. The van der Waals surface area contributed by atoms with E-state index in [1.165, 1.54) is 37.7 Å². The lowest BCUT2D eigenvalue weighted by Crippen LogP contribution is -2.16. The first-order chi connectivity index (χ1) is 8.72. The van der Waals surface area contributed by atoms with Gasteiger partial charge in [0, 0.05) is 11.0 Å². The van der Waals surface area contributed by atoms with Gasteiger partial charge in [0.25, 0.3) is 0 Å². The first-order valence-corrected chi connectivity index (χ1v) is 7.63. The van der Waals surface area contributed by atoms with Gasteiger partial charge in [-0.1, -0.05) is 47.3 Å². The molecule has 0 radical (unpaired) electrons. The molecule has 0 heterocycles. The predicted molar refractivity (Wildman–Crippen MR) is 78.9 cm³/mol. The van der Waals surface area contributed by atoms with Gasteiger partial charge in [0.2, 0.25) is 0 Å². The highest BCUT2D eigenvalue weighted by Gasteiger charge is 2.18. The van der Waals surface area contributed by atoms with Crippen molar-refractivity contribution in [3.63, 3.8) is 0 Å². The van der Waals surface area contributed by atoms with Crippen LogP contribution in [-0.4, -0.2) is 18.7 Å². The van der Waals surface area contributed by atoms with E-state index in [1.807, 2.05) is 7.05 Å². The molecule has 1 atom stereocenters. The quantitative estimate of drug-likeness (QED) is 0.887. The van der Waals surface area contributed by atoms with Crippen LogP contribution in [0.1, 0.15) is 55.3 Å². The number of hydrogen-bond acceptors (Lipinski definition) is 2. The minimum atomic E-state index is -0.424. The van der Waals surface area contributed by atoms with Crippen molar-refractivity contribution in [2.75, 3.05) is 13.6 Å². The molecule has 1 aromatic rings. The van der Waals surface area contributed by atoms with E-state index in [2.05, 4.69) is 39.4 Å². The molecule has 0 spiro atoms. The van der Waals surface area contributed by atoms with Gasteiger partial charge < -0.3 is 10.4 Å². The summed E-state index contributed by atoms with van der Waals surface area (Å²) in [4.78, 5) is 0. The van der Waals surface area contributed by atoms with Crippen LogP contribution in [-0.2, 0) is 0 Å². The highest BCUT2D eigenvalue weighted by atomic mass is 79.9. The highest BCUT2D eigenvalue weighted by molar-refractivity contribution is 9.10. The smallest absolute Gasteiger partial charge is 0.0914 e. The number of hydrogen-bond donors (Lipinski definition) is 2. The third-order valence-corrected chi connectivity index (χ3v) is 4.54. The Morgan fingerprint density at radius 3 is 2.67 bits per heavy atom. The molecule has 0 aromatic heterocycles. The summed E-state index contributed by atoms with van der Waals surface area (Å²) in [6.07, 6.45) is 6.26. The van der Waals surface area contributed by atoms with Crippen LogP contribution in [0.2, 0.25) is 0 Å². The van der Waals surface area contributed by atoms with E-state index in [-0.39, 0.29) is 0 Å². The van der Waals surface area contributed by atoms with Gasteiger partial charge >= 0.3 is 0 Å². The molecule has 1 aromatic carbocycles. The summed E-state index contributed by atoms with van der Waals surface area (Å²) < 4.78 is 1.15. The van der Waals surface area contributed by atoms with Crippen molar-refractivity contribution in [2.45, 2.75) is 44.1 Å². The Morgan fingerprint density at radius 1 is 1.33 bits per heavy atom. The minimum Gasteiger partial charge on any atom is -0.387 e. The molecule has 1 aliphatic rings. The van der Waals surface area contributed by atoms with Gasteiger partial charge in [-0.25, -0.2) is 0 Å². The molecule has 2 nitrogen and oxygen atoms in total. The van der Waals surface area contributed by atoms with Crippen molar-refractivity contribution in [3.8, 4) is 0 Å². The normalized spacial score (nSPS) is 18.8. The number of likely N-dealkylation sites (N-methyl/N-ethyl adjacent to an activating group) is 1. The standard InChI is InChI=1S/C15H22BrNO/c1-17-10-15(18)12-7-8-13(14(16)9-12)11-5-3-2-4-6-11/h7-9,11,15,17-18H,2-6,10H2,1H3. The molecular weight excluding hydrogens is 290 g/mol. The monoisotopic (exact) mass is 311 g/mol. The Hall–Kier alpha value is -0.380. The number of benzene rings is 1. The maximum atomic E-state index is 9.96. The van der Waals surface area contributed by atoms with Crippen LogP contribution in [0.5, 0.6) is 0 Å². The average molecular weight is 312 g/mol. The summed E-state index contributed by atoms with van der Waals surface area (Å²) in [5.41, 5.74) is 2.39. The molecule has 1 fully saturated rings. The minimum absolute atomic E-state index is 0.424. The summed E-state index contributed by atoms with van der Waals surface area (Å²) in [6, 6.07) is 6.33. The molecule has 2 N–H and O–H groups in total. The molecule has 0 aliphatic heterocycles. The Balaban J connectivity index is 2.13. The first-order valence-electron chi connectivity index (χ1n) is 6.84. The van der Waals surface area contributed by atoms with Crippen molar-refractivity contribution >= 4 is 15.9 Å². The van der Waals surface area contributed by atoms with Crippen molar-refractivity contribution in [1.29, 1.82) is 0 Å². The second-order valence-corrected chi connectivity index (χ2v) is 6.04. The Kier molecular flexibility index (Phi) is 5.22. The van der Waals surface area contributed by atoms with Crippen LogP contribution in [0.3, 0.4) is 0 Å². The lowest BCUT2D eigenvalue weighted by Gasteiger charge is -2.23. The van der Waals surface area contributed by atoms with Gasteiger partial charge in [-0.15, -0.1) is 0 Å². The summed E-state index contributed by atoms with van der Waals surface area (Å²) in [7, 11) is 1.86. The number of nitrogens with one attached hydrogen (secondary N) is 1. The van der Waals surface area contributed by atoms with Crippen molar-refractivity contribution in [3.05, 3.63) is 33.8 Å². The summed E-state index contributed by atoms with van der Waals surface area (Å²) >= 11 is 3.67. The van der Waals surface area contributed by atoms with E-state index in [0.29, 0.717) is 12.5 Å². The van der Waals surface area contributed by atoms with E-state index in [1.54, 1.807) is 0 Å². The van der Waals surface area contributed by atoms with E-state index in [0.717, 1.165) is 10.0 Å². The van der Waals surface area contributed by atoms with E-state index >= 15 is 0 Å². The second kappa shape index (κ2) is 6.69. The topological polar surface area (TPSA) is 32.3 Å². The number of aliphatic hydroxyl groups is 1. The fourth-order valence-electron chi connectivity index (χ4n) is 2.81. The zero-order valence-electron chi connectivity index (χ0n) is 11.0. The Morgan fingerprint density at radius 2 is 2.06 bits per heavy atom. The van der Waals surface area contributed by atoms with Crippen LogP contribution in [0.15, 0.2) is 22.7 Å². The maximum absolute atomic E-state index is 9.96. The number of rotatable bonds is 4. The lowest BCUT2D eigenvalue weighted by molar-refractivity contribution is 0.177. The first kappa shape index (κ1) is 14.0. The third-order valence-electron chi connectivity index (χ3n) is 3.85. The molecule has 0 saturated heterocycles. The summed E-state index contributed by atoms with van der Waals surface area (Å²) in [6.45, 7) is 0.592. The van der Waals surface area contributed by atoms with Crippen LogP contribution in [0.4, 0.5) is 0 Å². The molecular formula is C15H22BrNO. The largest absolute Gasteiger partial charge is 0.387 e. The van der Waals surface area contributed by atoms with Crippen LogP contribution in [0, 0.1) is 0 Å². The summed E-state index contributed by atoms with van der Waals surface area (Å²) in [5, 5.41) is 13.0. The summed E-state index contributed by atoms with van der Waals surface area (Å²) in [5.74, 6) is 0.698. The molecule has 1 saturated carbocycles. The van der Waals surface area contributed by atoms with Crippen LogP contribution < -0.4 is 5.32 Å². The molecule has 1 unspecified atom stereocenters. The van der Waals surface area contributed by atoms with Gasteiger partial charge in [-0.3, -0.25) is 0 Å². The van der Waals surface area contributed by atoms with E-state index in [4.69, 9.17) is 0 Å². The van der Waals surface area contributed by atoms with Gasteiger partial charge in [-0.2, -0.15) is 0 Å². The molecule has 0 bridgehead atoms. The number of halogens is 1. The fraction of sp³-hybridized carbons (Fsp3) is 0.600. The van der Waals surface area contributed by atoms with E-state index < -0.39 is 6.10 Å². The molecule has 3 heteroatoms. The Labute approximate surface area is 118 Å². The van der Waals surface area contributed by atoms with Gasteiger partial charge in [0.15, 0.2) is 0 Å². The molecule has 1 aliphatic carbocycles. The maximum Gasteiger partial charge on any atom is 0.0914 e. The Bertz CT molecular complexity index is 388. The van der Waals surface area contributed by atoms with Crippen molar-refractivity contribution < 1.29 is 5.11 Å². The predicted octanol–water partition coefficient (Wildman–Crippen LogP) is 3.75. The number of aliphatic hydroxyl groups excluding tert-OH is 1. The molecule has 2 rings (SSSR count). The zero-order chi connectivity index (χ0) is 13.0. The molecule has 100 valence electrons. The van der Waals surface area contributed by atoms with Gasteiger partial charge in [-0.05, 0) is 43.0 Å². The van der Waals surface area contributed by atoms with Crippen LogP contribution in [0.25, 0.3) is 0 Å². The van der Waals surface area contributed by atoms with E-state index in [9.17, 15) is 5.11 Å². The molecule has 18 heavy (non-hydrogen) atoms. The third kappa shape index (κ3) is 3.34. The van der Waals surface area contributed by atoms with Crippen molar-refractivity contribution in [2.24, 2.45) is 0 Å².